The van der Waals surface area contributed by atoms with E-state index in [0.717, 1.165) is 17.7 Å². The van der Waals surface area contributed by atoms with Crippen LogP contribution in [0.3, 0.4) is 0 Å². The number of carbonyl (C=O) groups excluding carboxylic acids is 1. The highest BCUT2D eigenvalue weighted by Gasteiger charge is 2.09. The van der Waals surface area contributed by atoms with Gasteiger partial charge in [0, 0.05) is 23.9 Å². The lowest BCUT2D eigenvalue weighted by atomic mass is 9.97. The van der Waals surface area contributed by atoms with Crippen molar-refractivity contribution in [1.29, 1.82) is 0 Å². The molecule has 1 aromatic heterocycles. The maximum Gasteiger partial charge on any atom is 0.303 e. The Morgan fingerprint density at radius 1 is 1.45 bits per heavy atom. The molecule has 5 heteroatoms. The van der Waals surface area contributed by atoms with Gasteiger partial charge in [0.05, 0.1) is 0 Å². The predicted molar refractivity (Wildman–Crippen MR) is 81.6 cm³/mol. The van der Waals surface area contributed by atoms with Crippen molar-refractivity contribution in [3.05, 3.63) is 28.5 Å². The molecule has 0 fully saturated rings. The molecule has 0 saturated carbocycles. The zero-order valence-corrected chi connectivity index (χ0v) is 12.5. The molecule has 4 nitrogen and oxygen atoms in total. The van der Waals surface area contributed by atoms with E-state index in [1.165, 1.54) is 6.08 Å². The van der Waals surface area contributed by atoms with Gasteiger partial charge in [0.15, 0.2) is 0 Å². The van der Waals surface area contributed by atoms with Crippen molar-refractivity contribution in [3.8, 4) is 0 Å². The van der Waals surface area contributed by atoms with Crippen molar-refractivity contribution in [3.63, 3.8) is 0 Å². The number of aliphatic carboxylic acids is 1. The highest BCUT2D eigenvalue weighted by atomic mass is 32.1. The number of rotatable bonds is 9. The molecular weight excluding hydrogens is 274 g/mol. The van der Waals surface area contributed by atoms with Crippen LogP contribution in [0, 0.1) is 5.92 Å². The van der Waals surface area contributed by atoms with Crippen molar-refractivity contribution < 1.29 is 14.7 Å². The number of carboxylic acids is 1. The van der Waals surface area contributed by atoms with Crippen LogP contribution in [0.15, 0.2) is 23.6 Å². The quantitative estimate of drug-likeness (QED) is 0.688. The first-order chi connectivity index (χ1) is 9.61. The van der Waals surface area contributed by atoms with Gasteiger partial charge in [-0.05, 0) is 36.3 Å². The van der Waals surface area contributed by atoms with Crippen LogP contribution in [0.4, 0.5) is 0 Å². The minimum absolute atomic E-state index is 0.105. The van der Waals surface area contributed by atoms with E-state index in [1.807, 2.05) is 24.4 Å². The minimum Gasteiger partial charge on any atom is -0.481 e. The van der Waals surface area contributed by atoms with Gasteiger partial charge < -0.3 is 10.4 Å². The van der Waals surface area contributed by atoms with E-state index in [2.05, 4.69) is 5.32 Å². The Hall–Kier alpha value is -1.62. The maximum absolute atomic E-state index is 11.6. The first-order valence-corrected chi connectivity index (χ1v) is 7.71. The molecule has 1 amide bonds. The fraction of sp³-hybridized carbons (Fsp3) is 0.467. The normalized spacial score (nSPS) is 12.4. The van der Waals surface area contributed by atoms with E-state index >= 15 is 0 Å². The van der Waals surface area contributed by atoms with Gasteiger partial charge in [0.2, 0.25) is 5.91 Å². The third kappa shape index (κ3) is 7.09. The van der Waals surface area contributed by atoms with E-state index in [-0.39, 0.29) is 12.3 Å². The number of hydrogen-bond donors (Lipinski definition) is 2. The van der Waals surface area contributed by atoms with Crippen LogP contribution in [-0.4, -0.2) is 23.5 Å². The molecule has 0 saturated heterocycles. The second kappa shape index (κ2) is 9.31. The van der Waals surface area contributed by atoms with Crippen LogP contribution >= 0.6 is 11.3 Å². The summed E-state index contributed by atoms with van der Waals surface area (Å²) in [4.78, 5) is 23.2. The Morgan fingerprint density at radius 3 is 2.85 bits per heavy atom. The zero-order valence-electron chi connectivity index (χ0n) is 11.7. The monoisotopic (exact) mass is 295 g/mol. The van der Waals surface area contributed by atoms with Crippen molar-refractivity contribution in [2.24, 2.45) is 5.92 Å². The molecule has 0 aliphatic rings. The zero-order chi connectivity index (χ0) is 14.8. The summed E-state index contributed by atoms with van der Waals surface area (Å²) in [5.41, 5.74) is 0. The van der Waals surface area contributed by atoms with Crippen molar-refractivity contribution in [1.82, 2.24) is 5.32 Å². The van der Waals surface area contributed by atoms with E-state index in [9.17, 15) is 9.59 Å². The van der Waals surface area contributed by atoms with Crippen LogP contribution in [0.2, 0.25) is 0 Å². The minimum atomic E-state index is -0.758. The van der Waals surface area contributed by atoms with Crippen molar-refractivity contribution in [2.75, 3.05) is 6.54 Å². The van der Waals surface area contributed by atoms with Gasteiger partial charge in [-0.2, -0.15) is 0 Å². The highest BCUT2D eigenvalue weighted by Crippen LogP contribution is 2.14. The molecule has 0 bridgehead atoms. The molecule has 0 aromatic carbocycles. The van der Waals surface area contributed by atoms with Gasteiger partial charge in [-0.1, -0.05) is 19.4 Å². The summed E-state index contributed by atoms with van der Waals surface area (Å²) < 4.78 is 0. The Balaban J connectivity index is 2.21. The number of carboxylic acid groups (broad SMARTS) is 1. The third-order valence-electron chi connectivity index (χ3n) is 3.14. The predicted octanol–water partition coefficient (Wildman–Crippen LogP) is 3.16. The van der Waals surface area contributed by atoms with Crippen LogP contribution in [0.5, 0.6) is 0 Å². The van der Waals surface area contributed by atoms with Crippen LogP contribution in [0.25, 0.3) is 6.08 Å². The van der Waals surface area contributed by atoms with E-state index in [1.54, 1.807) is 17.4 Å². The van der Waals surface area contributed by atoms with Gasteiger partial charge in [-0.15, -0.1) is 11.3 Å². The number of thiophene rings is 1. The fourth-order valence-electron chi connectivity index (χ4n) is 1.88. The summed E-state index contributed by atoms with van der Waals surface area (Å²) in [5, 5.41) is 13.4. The number of hydrogen-bond acceptors (Lipinski definition) is 3. The summed E-state index contributed by atoms with van der Waals surface area (Å²) in [6.45, 7) is 2.64. The Labute approximate surface area is 123 Å². The molecule has 0 aliphatic heterocycles. The SMILES string of the molecule is CCC(CCNC(=O)C=Cc1cccs1)CCC(=O)O. The lowest BCUT2D eigenvalue weighted by Crippen LogP contribution is -2.24. The van der Waals surface area contributed by atoms with Gasteiger partial charge in [0.1, 0.15) is 0 Å². The van der Waals surface area contributed by atoms with Crippen molar-refractivity contribution in [2.45, 2.75) is 32.6 Å². The van der Waals surface area contributed by atoms with Gasteiger partial charge in [-0.25, -0.2) is 0 Å². The van der Waals surface area contributed by atoms with Gasteiger partial charge in [-0.3, -0.25) is 9.59 Å². The summed E-state index contributed by atoms with van der Waals surface area (Å²) >= 11 is 1.58. The fourth-order valence-corrected chi connectivity index (χ4v) is 2.50. The molecule has 20 heavy (non-hydrogen) atoms. The molecule has 2 N–H and O–H groups in total. The Morgan fingerprint density at radius 2 is 2.25 bits per heavy atom. The lowest BCUT2D eigenvalue weighted by molar-refractivity contribution is -0.137. The molecule has 1 unspecified atom stereocenters. The largest absolute Gasteiger partial charge is 0.481 e. The number of carbonyl (C=O) groups is 2. The van der Waals surface area contributed by atoms with E-state index < -0.39 is 5.97 Å². The highest BCUT2D eigenvalue weighted by molar-refractivity contribution is 7.10. The summed E-state index contributed by atoms with van der Waals surface area (Å²) in [5.74, 6) is -0.509. The molecule has 0 radical (unpaired) electrons. The molecule has 0 spiro atoms. The average Bonchev–Trinajstić information content (AvgIpc) is 2.93. The molecular formula is C15H21NO3S. The van der Waals surface area contributed by atoms with E-state index in [0.29, 0.717) is 18.9 Å². The van der Waals surface area contributed by atoms with E-state index in [4.69, 9.17) is 5.11 Å². The lowest BCUT2D eigenvalue weighted by Gasteiger charge is -2.13. The molecule has 1 aromatic rings. The first-order valence-electron chi connectivity index (χ1n) is 6.83. The summed E-state index contributed by atoms with van der Waals surface area (Å²) in [7, 11) is 0. The van der Waals surface area contributed by atoms with Gasteiger partial charge >= 0.3 is 5.97 Å². The number of nitrogens with one attached hydrogen (secondary N) is 1. The van der Waals surface area contributed by atoms with Crippen LogP contribution in [-0.2, 0) is 9.59 Å². The third-order valence-corrected chi connectivity index (χ3v) is 3.98. The molecule has 1 rings (SSSR count). The van der Waals surface area contributed by atoms with Crippen LogP contribution < -0.4 is 5.32 Å². The Bertz CT molecular complexity index is 440. The second-order valence-corrected chi connectivity index (χ2v) is 5.61. The molecule has 110 valence electrons. The summed E-state index contributed by atoms with van der Waals surface area (Å²) in [6.07, 6.45) is 5.96. The van der Waals surface area contributed by atoms with Crippen LogP contribution in [0.1, 0.15) is 37.5 Å². The topological polar surface area (TPSA) is 66.4 Å². The Kier molecular flexibility index (Phi) is 7.65. The summed E-state index contributed by atoms with van der Waals surface area (Å²) in [6, 6.07) is 3.89. The molecule has 0 aliphatic carbocycles. The number of amides is 1. The smallest absolute Gasteiger partial charge is 0.303 e. The van der Waals surface area contributed by atoms with Crippen molar-refractivity contribution >= 4 is 29.3 Å². The standard InChI is InChI=1S/C15H21NO3S/c1-2-12(5-8-15(18)19)9-10-16-14(17)7-6-13-4-3-11-20-13/h3-4,6-7,11-12H,2,5,8-10H2,1H3,(H,16,17)(H,18,19). The maximum atomic E-state index is 11.6. The molecule has 1 atom stereocenters. The first kappa shape index (κ1) is 16.4. The van der Waals surface area contributed by atoms with Gasteiger partial charge in [0.25, 0.3) is 0 Å². The molecule has 1 heterocycles. The average molecular weight is 295 g/mol. The second-order valence-electron chi connectivity index (χ2n) is 4.64.